The van der Waals surface area contributed by atoms with Gasteiger partial charge in [0.05, 0.1) is 17.9 Å². The molecule has 0 aromatic heterocycles. The van der Waals surface area contributed by atoms with Gasteiger partial charge in [-0.1, -0.05) is 0 Å². The lowest BCUT2D eigenvalue weighted by atomic mass is 10.2. The fourth-order valence-corrected chi connectivity index (χ4v) is 4.18. The third kappa shape index (κ3) is 2.18. The van der Waals surface area contributed by atoms with E-state index in [-0.39, 0.29) is 12.1 Å². The molecule has 0 amide bonds. The summed E-state index contributed by atoms with van der Waals surface area (Å²) < 4.78 is 30.7. The van der Waals surface area contributed by atoms with Gasteiger partial charge in [0.15, 0.2) is 0 Å². The number of methoxy groups -OCH3 is 1. The molecule has 0 aromatic carbocycles. The highest BCUT2D eigenvalue weighted by Crippen LogP contribution is 2.21. The van der Waals surface area contributed by atoms with Crippen molar-refractivity contribution in [2.45, 2.75) is 25.0 Å². The SMILES string of the molecule is CO[C@H]1CNCC1N1CCCCS1(=O)=O. The number of ether oxygens (including phenoxy) is 1. The molecular formula is C9H18N2O3S. The summed E-state index contributed by atoms with van der Waals surface area (Å²) in [4.78, 5) is 0. The van der Waals surface area contributed by atoms with E-state index in [1.54, 1.807) is 11.4 Å². The Balaban J connectivity index is 2.14. The van der Waals surface area contributed by atoms with Crippen molar-refractivity contribution >= 4 is 10.0 Å². The molecule has 0 saturated carbocycles. The van der Waals surface area contributed by atoms with E-state index in [0.717, 1.165) is 19.4 Å². The summed E-state index contributed by atoms with van der Waals surface area (Å²) in [5, 5.41) is 3.18. The molecule has 5 nitrogen and oxygen atoms in total. The van der Waals surface area contributed by atoms with Crippen LogP contribution in [0.25, 0.3) is 0 Å². The van der Waals surface area contributed by atoms with Crippen LogP contribution in [-0.2, 0) is 14.8 Å². The number of nitrogens with one attached hydrogen (secondary N) is 1. The van der Waals surface area contributed by atoms with Crippen LogP contribution in [-0.4, -0.2) is 57.4 Å². The minimum Gasteiger partial charge on any atom is -0.378 e. The highest BCUT2D eigenvalue weighted by molar-refractivity contribution is 7.89. The first kappa shape index (κ1) is 11.3. The first-order valence-electron chi connectivity index (χ1n) is 5.38. The molecule has 2 rings (SSSR count). The first-order valence-corrected chi connectivity index (χ1v) is 6.99. The van der Waals surface area contributed by atoms with Gasteiger partial charge in [0, 0.05) is 26.7 Å². The summed E-state index contributed by atoms with van der Waals surface area (Å²) in [6, 6.07) is -0.0136. The second-order valence-corrected chi connectivity index (χ2v) is 6.17. The van der Waals surface area contributed by atoms with Gasteiger partial charge in [-0.15, -0.1) is 0 Å². The third-order valence-corrected chi connectivity index (χ3v) is 5.16. The minimum atomic E-state index is -3.04. The molecule has 0 aliphatic carbocycles. The van der Waals surface area contributed by atoms with Gasteiger partial charge in [0.2, 0.25) is 10.0 Å². The summed E-state index contributed by atoms with van der Waals surface area (Å²) >= 11 is 0. The van der Waals surface area contributed by atoms with Crippen LogP contribution in [0.1, 0.15) is 12.8 Å². The summed E-state index contributed by atoms with van der Waals surface area (Å²) in [6.07, 6.45) is 1.75. The van der Waals surface area contributed by atoms with Crippen molar-refractivity contribution < 1.29 is 13.2 Å². The first-order chi connectivity index (χ1) is 7.15. The third-order valence-electron chi connectivity index (χ3n) is 3.19. The lowest BCUT2D eigenvalue weighted by Gasteiger charge is -2.33. The van der Waals surface area contributed by atoms with E-state index in [1.807, 2.05) is 0 Å². The molecule has 2 aliphatic heterocycles. The van der Waals surface area contributed by atoms with Gasteiger partial charge in [-0.25, -0.2) is 8.42 Å². The second-order valence-electron chi connectivity index (χ2n) is 4.13. The van der Waals surface area contributed by atoms with E-state index in [2.05, 4.69) is 5.32 Å². The van der Waals surface area contributed by atoms with Gasteiger partial charge in [-0.2, -0.15) is 4.31 Å². The summed E-state index contributed by atoms with van der Waals surface area (Å²) in [5.74, 6) is 0.292. The molecule has 0 aromatic rings. The number of hydrogen-bond acceptors (Lipinski definition) is 4. The van der Waals surface area contributed by atoms with Gasteiger partial charge in [-0.3, -0.25) is 0 Å². The molecule has 2 heterocycles. The van der Waals surface area contributed by atoms with Crippen molar-refractivity contribution in [1.29, 1.82) is 0 Å². The highest BCUT2D eigenvalue weighted by atomic mass is 32.2. The van der Waals surface area contributed by atoms with Crippen LogP contribution < -0.4 is 5.32 Å². The van der Waals surface area contributed by atoms with Crippen LogP contribution in [0.3, 0.4) is 0 Å². The Morgan fingerprint density at radius 3 is 2.80 bits per heavy atom. The molecule has 6 heteroatoms. The Hall–Kier alpha value is -0.170. The normalized spacial score (nSPS) is 36.9. The van der Waals surface area contributed by atoms with Crippen molar-refractivity contribution in [1.82, 2.24) is 9.62 Å². The number of rotatable bonds is 2. The van der Waals surface area contributed by atoms with Crippen molar-refractivity contribution in [3.63, 3.8) is 0 Å². The Bertz CT molecular complexity index is 317. The zero-order valence-corrected chi connectivity index (χ0v) is 9.79. The summed E-state index contributed by atoms with van der Waals surface area (Å²) in [5.41, 5.74) is 0. The lowest BCUT2D eigenvalue weighted by Crippen LogP contribution is -2.50. The molecule has 15 heavy (non-hydrogen) atoms. The van der Waals surface area contributed by atoms with Crippen LogP contribution >= 0.6 is 0 Å². The number of nitrogens with zero attached hydrogens (tertiary/aromatic N) is 1. The van der Waals surface area contributed by atoms with Crippen LogP contribution in [0.15, 0.2) is 0 Å². The molecule has 2 saturated heterocycles. The molecule has 1 unspecified atom stereocenters. The molecular weight excluding hydrogens is 216 g/mol. The molecule has 2 atom stereocenters. The Labute approximate surface area is 90.8 Å². The topological polar surface area (TPSA) is 58.6 Å². The maximum atomic E-state index is 11.9. The maximum Gasteiger partial charge on any atom is 0.214 e. The average Bonchev–Trinajstić information content (AvgIpc) is 2.64. The predicted octanol–water partition coefficient (Wildman–Crippen LogP) is -0.601. The quantitative estimate of drug-likeness (QED) is 0.693. The molecule has 0 spiro atoms. The smallest absolute Gasteiger partial charge is 0.214 e. The fraction of sp³-hybridized carbons (Fsp3) is 1.00. The Morgan fingerprint density at radius 2 is 2.13 bits per heavy atom. The predicted molar refractivity (Wildman–Crippen MR) is 57.2 cm³/mol. The fourth-order valence-electron chi connectivity index (χ4n) is 2.35. The van der Waals surface area contributed by atoms with E-state index in [0.29, 0.717) is 18.8 Å². The minimum absolute atomic E-state index is 0.00197. The van der Waals surface area contributed by atoms with E-state index in [9.17, 15) is 8.42 Å². The van der Waals surface area contributed by atoms with Crippen LogP contribution in [0.2, 0.25) is 0 Å². The molecule has 0 bridgehead atoms. The van der Waals surface area contributed by atoms with Gasteiger partial charge in [-0.05, 0) is 12.8 Å². The molecule has 2 aliphatic rings. The van der Waals surface area contributed by atoms with E-state index in [4.69, 9.17) is 4.74 Å². The monoisotopic (exact) mass is 234 g/mol. The second kappa shape index (κ2) is 4.37. The highest BCUT2D eigenvalue weighted by Gasteiger charge is 2.39. The summed E-state index contributed by atoms with van der Waals surface area (Å²) in [7, 11) is -1.40. The lowest BCUT2D eigenvalue weighted by molar-refractivity contribution is 0.0710. The van der Waals surface area contributed by atoms with Crippen LogP contribution in [0.5, 0.6) is 0 Å². The van der Waals surface area contributed by atoms with Crippen LogP contribution in [0, 0.1) is 0 Å². The average molecular weight is 234 g/mol. The zero-order chi connectivity index (χ0) is 10.9. The van der Waals surface area contributed by atoms with Crippen LogP contribution in [0.4, 0.5) is 0 Å². The Morgan fingerprint density at radius 1 is 1.33 bits per heavy atom. The van der Waals surface area contributed by atoms with Crippen molar-refractivity contribution in [2.24, 2.45) is 0 Å². The molecule has 0 radical (unpaired) electrons. The van der Waals surface area contributed by atoms with Gasteiger partial charge in [0.25, 0.3) is 0 Å². The zero-order valence-electron chi connectivity index (χ0n) is 8.98. The largest absolute Gasteiger partial charge is 0.378 e. The van der Waals surface area contributed by atoms with Crippen molar-refractivity contribution in [3.8, 4) is 0 Å². The number of hydrogen-bond donors (Lipinski definition) is 1. The Kier molecular flexibility index (Phi) is 3.30. The van der Waals surface area contributed by atoms with E-state index in [1.165, 1.54) is 0 Å². The number of sulfonamides is 1. The standard InChI is InChI=1S/C9H18N2O3S/c1-14-9-7-10-6-8(9)11-4-2-3-5-15(11,12)13/h8-10H,2-7H2,1H3/t8?,9-/m0/s1. The molecule has 88 valence electrons. The van der Waals surface area contributed by atoms with Gasteiger partial charge < -0.3 is 10.1 Å². The van der Waals surface area contributed by atoms with Gasteiger partial charge >= 0.3 is 0 Å². The molecule has 2 fully saturated rings. The summed E-state index contributed by atoms with van der Waals surface area (Å²) in [6.45, 7) is 2.10. The van der Waals surface area contributed by atoms with Gasteiger partial charge in [0.1, 0.15) is 0 Å². The van der Waals surface area contributed by atoms with Crippen molar-refractivity contribution in [2.75, 3.05) is 32.5 Å². The van der Waals surface area contributed by atoms with Crippen molar-refractivity contribution in [3.05, 3.63) is 0 Å². The molecule has 1 N–H and O–H groups in total. The van der Waals surface area contributed by atoms with E-state index < -0.39 is 10.0 Å². The van der Waals surface area contributed by atoms with E-state index >= 15 is 0 Å². The maximum absolute atomic E-state index is 11.9.